The number of hydrogen-bond donors (Lipinski definition) is 1. The third-order valence-electron chi connectivity index (χ3n) is 4.95. The molecule has 0 saturated heterocycles. The highest BCUT2D eigenvalue weighted by molar-refractivity contribution is 4.97. The van der Waals surface area contributed by atoms with Gasteiger partial charge in [-0.3, -0.25) is 0 Å². The third-order valence-corrected chi connectivity index (χ3v) is 4.95. The summed E-state index contributed by atoms with van der Waals surface area (Å²) in [7, 11) is 0. The zero-order valence-corrected chi connectivity index (χ0v) is 12.2. The van der Waals surface area contributed by atoms with Gasteiger partial charge in [-0.25, -0.2) is 0 Å². The van der Waals surface area contributed by atoms with Gasteiger partial charge in [0.05, 0.1) is 0 Å². The van der Waals surface area contributed by atoms with Crippen molar-refractivity contribution in [3.63, 3.8) is 0 Å². The van der Waals surface area contributed by atoms with Gasteiger partial charge in [0.15, 0.2) is 0 Å². The van der Waals surface area contributed by atoms with Crippen molar-refractivity contribution in [2.75, 3.05) is 6.54 Å². The van der Waals surface area contributed by atoms with Crippen molar-refractivity contribution < 1.29 is 0 Å². The average Bonchev–Trinajstić information content (AvgIpc) is 2.98. The van der Waals surface area contributed by atoms with Crippen LogP contribution in [-0.4, -0.2) is 12.6 Å². The van der Waals surface area contributed by atoms with Crippen LogP contribution in [0.2, 0.25) is 0 Å². The van der Waals surface area contributed by atoms with Crippen LogP contribution in [0.25, 0.3) is 0 Å². The first-order chi connectivity index (χ1) is 8.83. The van der Waals surface area contributed by atoms with Crippen LogP contribution in [0, 0.1) is 29.6 Å². The highest BCUT2D eigenvalue weighted by atomic mass is 14.9. The van der Waals surface area contributed by atoms with Crippen molar-refractivity contribution in [2.24, 2.45) is 17.8 Å². The molecule has 0 aliphatic heterocycles. The van der Waals surface area contributed by atoms with Crippen LogP contribution in [0.1, 0.15) is 65.2 Å². The van der Waals surface area contributed by atoms with E-state index in [0.717, 1.165) is 30.2 Å². The number of rotatable bonds is 7. The van der Waals surface area contributed by atoms with Gasteiger partial charge in [-0.1, -0.05) is 13.3 Å². The normalized spacial score (nSPS) is 31.1. The smallest absolute Gasteiger partial charge is 0.0103 e. The van der Waals surface area contributed by atoms with Crippen LogP contribution in [0.5, 0.6) is 0 Å². The van der Waals surface area contributed by atoms with Crippen LogP contribution < -0.4 is 5.32 Å². The Bertz CT molecular complexity index is 298. The first-order valence-corrected chi connectivity index (χ1v) is 7.96. The van der Waals surface area contributed by atoms with Crippen molar-refractivity contribution >= 4 is 0 Å². The van der Waals surface area contributed by atoms with Gasteiger partial charge in [0, 0.05) is 12.5 Å². The quantitative estimate of drug-likeness (QED) is 0.671. The first kappa shape index (κ1) is 13.9. The minimum atomic E-state index is 0.718. The molecule has 0 spiro atoms. The Hall–Kier alpha value is -0.480. The minimum Gasteiger partial charge on any atom is -0.314 e. The third kappa shape index (κ3) is 3.75. The van der Waals surface area contributed by atoms with Crippen molar-refractivity contribution in [1.82, 2.24) is 5.32 Å². The second kappa shape index (κ2) is 7.19. The molecular formula is C17H29N. The number of nitrogens with one attached hydrogen (secondary N) is 1. The Labute approximate surface area is 113 Å². The van der Waals surface area contributed by atoms with E-state index in [-0.39, 0.29) is 0 Å². The Balaban J connectivity index is 1.77. The van der Waals surface area contributed by atoms with Crippen LogP contribution in [-0.2, 0) is 0 Å². The summed E-state index contributed by atoms with van der Waals surface area (Å²) in [6.07, 6.45) is 11.1. The van der Waals surface area contributed by atoms with E-state index < -0.39 is 0 Å². The lowest BCUT2D eigenvalue weighted by atomic mass is 9.83. The predicted octanol–water partition coefficient (Wildman–Crippen LogP) is 3.98. The number of fused-ring (bicyclic) bond motifs is 2. The van der Waals surface area contributed by atoms with Crippen LogP contribution in [0.4, 0.5) is 0 Å². The van der Waals surface area contributed by atoms with Crippen LogP contribution >= 0.6 is 0 Å². The zero-order chi connectivity index (χ0) is 12.8. The van der Waals surface area contributed by atoms with E-state index >= 15 is 0 Å². The lowest BCUT2D eigenvalue weighted by Crippen LogP contribution is -2.33. The molecule has 0 aromatic rings. The summed E-state index contributed by atoms with van der Waals surface area (Å²) in [5.74, 6) is 9.42. The van der Waals surface area contributed by atoms with E-state index in [0.29, 0.717) is 0 Å². The predicted molar refractivity (Wildman–Crippen MR) is 78.3 cm³/mol. The fourth-order valence-electron chi connectivity index (χ4n) is 4.05. The molecule has 18 heavy (non-hydrogen) atoms. The maximum atomic E-state index is 3.75. The van der Waals surface area contributed by atoms with E-state index in [1.165, 1.54) is 45.1 Å². The molecule has 2 fully saturated rings. The lowest BCUT2D eigenvalue weighted by Gasteiger charge is -2.27. The van der Waals surface area contributed by atoms with E-state index in [2.05, 4.69) is 24.1 Å². The minimum absolute atomic E-state index is 0.718. The molecular weight excluding hydrogens is 218 g/mol. The summed E-state index contributed by atoms with van der Waals surface area (Å²) in [5, 5.41) is 3.75. The van der Waals surface area contributed by atoms with Gasteiger partial charge in [-0.2, -0.15) is 0 Å². The summed E-state index contributed by atoms with van der Waals surface area (Å²) < 4.78 is 0. The van der Waals surface area contributed by atoms with Crippen molar-refractivity contribution in [3.8, 4) is 11.8 Å². The Kier molecular flexibility index (Phi) is 5.57. The molecule has 1 heteroatoms. The molecule has 0 aromatic heterocycles. The number of hydrogen-bond acceptors (Lipinski definition) is 1. The van der Waals surface area contributed by atoms with Gasteiger partial charge in [-0.05, 0) is 69.7 Å². The SMILES string of the molecule is CC#CCCC(CC1CC2CCC1C2)NCCC. The largest absolute Gasteiger partial charge is 0.314 e. The molecule has 2 saturated carbocycles. The maximum absolute atomic E-state index is 3.75. The van der Waals surface area contributed by atoms with E-state index in [1.54, 1.807) is 6.42 Å². The average molecular weight is 247 g/mol. The Morgan fingerprint density at radius 3 is 2.78 bits per heavy atom. The van der Waals surface area contributed by atoms with Gasteiger partial charge in [0.25, 0.3) is 0 Å². The standard InChI is InChI=1S/C17H29N/c1-3-5-6-7-17(18-10-4-2)13-16-12-14-8-9-15(16)11-14/h14-18H,4,6-13H2,1-2H3. The molecule has 0 radical (unpaired) electrons. The monoisotopic (exact) mass is 247 g/mol. The molecule has 1 N–H and O–H groups in total. The highest BCUT2D eigenvalue weighted by Gasteiger charge is 2.39. The summed E-state index contributed by atoms with van der Waals surface area (Å²) in [6.45, 7) is 5.38. The molecule has 0 aromatic carbocycles. The van der Waals surface area contributed by atoms with Gasteiger partial charge in [0.2, 0.25) is 0 Å². The molecule has 2 aliphatic carbocycles. The Morgan fingerprint density at radius 2 is 2.17 bits per heavy atom. The summed E-state index contributed by atoms with van der Waals surface area (Å²) >= 11 is 0. The molecule has 0 amide bonds. The zero-order valence-electron chi connectivity index (χ0n) is 12.2. The van der Waals surface area contributed by atoms with Crippen LogP contribution in [0.3, 0.4) is 0 Å². The molecule has 2 bridgehead atoms. The van der Waals surface area contributed by atoms with Gasteiger partial charge in [0.1, 0.15) is 0 Å². The molecule has 4 unspecified atom stereocenters. The van der Waals surface area contributed by atoms with Crippen molar-refractivity contribution in [3.05, 3.63) is 0 Å². The van der Waals surface area contributed by atoms with Gasteiger partial charge >= 0.3 is 0 Å². The molecule has 2 aliphatic rings. The second-order valence-electron chi connectivity index (χ2n) is 6.29. The first-order valence-electron chi connectivity index (χ1n) is 7.96. The van der Waals surface area contributed by atoms with Gasteiger partial charge < -0.3 is 5.32 Å². The topological polar surface area (TPSA) is 12.0 Å². The lowest BCUT2D eigenvalue weighted by molar-refractivity contribution is 0.272. The van der Waals surface area contributed by atoms with Crippen molar-refractivity contribution in [1.29, 1.82) is 0 Å². The van der Waals surface area contributed by atoms with E-state index in [4.69, 9.17) is 0 Å². The highest BCUT2D eigenvalue weighted by Crippen LogP contribution is 2.50. The molecule has 0 heterocycles. The maximum Gasteiger partial charge on any atom is 0.0103 e. The molecule has 4 atom stereocenters. The van der Waals surface area contributed by atoms with Gasteiger partial charge in [-0.15, -0.1) is 11.8 Å². The Morgan fingerprint density at radius 1 is 1.28 bits per heavy atom. The van der Waals surface area contributed by atoms with E-state index in [1.807, 2.05) is 6.92 Å². The van der Waals surface area contributed by atoms with Crippen LogP contribution in [0.15, 0.2) is 0 Å². The molecule has 1 nitrogen and oxygen atoms in total. The fraction of sp³-hybridized carbons (Fsp3) is 0.882. The summed E-state index contributed by atoms with van der Waals surface area (Å²) in [6, 6.07) is 0.718. The summed E-state index contributed by atoms with van der Waals surface area (Å²) in [5.41, 5.74) is 0. The van der Waals surface area contributed by atoms with E-state index in [9.17, 15) is 0 Å². The molecule has 2 rings (SSSR count). The fourth-order valence-corrected chi connectivity index (χ4v) is 4.05. The van der Waals surface area contributed by atoms with Crippen molar-refractivity contribution in [2.45, 2.75) is 71.3 Å². The second-order valence-corrected chi connectivity index (χ2v) is 6.29. The molecule has 102 valence electrons. The summed E-state index contributed by atoms with van der Waals surface area (Å²) in [4.78, 5) is 0.